The van der Waals surface area contributed by atoms with Crippen molar-refractivity contribution in [3.63, 3.8) is 0 Å². The molecule has 0 saturated carbocycles. The van der Waals surface area contributed by atoms with Gasteiger partial charge in [0, 0.05) is 24.5 Å². The molecule has 1 fully saturated rings. The highest BCUT2D eigenvalue weighted by Crippen LogP contribution is 2.27. The number of aromatic nitrogens is 2. The van der Waals surface area contributed by atoms with E-state index in [1.165, 1.54) is 11.5 Å². The summed E-state index contributed by atoms with van der Waals surface area (Å²) in [5.41, 5.74) is 0. The lowest BCUT2D eigenvalue weighted by Gasteiger charge is -2.20. The summed E-state index contributed by atoms with van der Waals surface area (Å²) in [7, 11) is 0. The molecule has 1 aromatic heterocycles. The van der Waals surface area contributed by atoms with Crippen LogP contribution < -0.4 is 4.90 Å². The maximum Gasteiger partial charge on any atom is 0.205 e. The highest BCUT2D eigenvalue weighted by atomic mass is 32.1. The highest BCUT2D eigenvalue weighted by Gasteiger charge is 2.26. The average Bonchev–Trinajstić information content (AvgIpc) is 2.85. The first-order valence-corrected chi connectivity index (χ1v) is 5.77. The smallest absolute Gasteiger partial charge is 0.205 e. The number of aryl methyl sites for hydroxylation is 1. The van der Waals surface area contributed by atoms with Gasteiger partial charge < -0.3 is 4.90 Å². The maximum absolute atomic E-state index is 12.6. The van der Waals surface area contributed by atoms with E-state index in [1.807, 2.05) is 6.92 Å². The fourth-order valence-corrected chi connectivity index (χ4v) is 2.60. The van der Waals surface area contributed by atoms with Crippen LogP contribution in [0.25, 0.3) is 0 Å². The van der Waals surface area contributed by atoms with Gasteiger partial charge in [0.25, 0.3) is 0 Å². The molecule has 0 aromatic carbocycles. The van der Waals surface area contributed by atoms with Crippen molar-refractivity contribution in [2.45, 2.75) is 32.2 Å². The summed E-state index contributed by atoms with van der Waals surface area (Å²) in [6, 6.07) is 0.0349. The number of alkyl halides is 1. The van der Waals surface area contributed by atoms with Gasteiger partial charge in [-0.2, -0.15) is 4.37 Å². The lowest BCUT2D eigenvalue weighted by Crippen LogP contribution is -2.30. The van der Waals surface area contributed by atoms with Gasteiger partial charge in [-0.3, -0.25) is 0 Å². The van der Waals surface area contributed by atoms with E-state index < -0.39 is 0 Å². The Bertz CT molecular complexity index is 302. The lowest BCUT2D eigenvalue weighted by molar-refractivity contribution is 0.428. The van der Waals surface area contributed by atoms with Gasteiger partial charge in [-0.05, 0) is 12.8 Å². The molecular weight excluding hydrogens is 201 g/mol. The molecule has 1 saturated heterocycles. The minimum Gasteiger partial charge on any atom is -0.341 e. The monoisotopic (exact) mass is 215 g/mol. The first-order valence-electron chi connectivity index (χ1n) is 5.00. The predicted octanol–water partition coefficient (Wildman–Crippen LogP) is 2.04. The molecule has 14 heavy (non-hydrogen) atoms. The van der Waals surface area contributed by atoms with Crippen LogP contribution in [0.5, 0.6) is 0 Å². The molecule has 0 radical (unpaired) electrons. The van der Waals surface area contributed by atoms with Gasteiger partial charge in [-0.15, -0.1) is 0 Å². The van der Waals surface area contributed by atoms with Crippen LogP contribution >= 0.6 is 11.5 Å². The zero-order valence-corrected chi connectivity index (χ0v) is 9.06. The van der Waals surface area contributed by atoms with Gasteiger partial charge in [0.15, 0.2) is 0 Å². The predicted molar refractivity (Wildman–Crippen MR) is 55.6 cm³/mol. The van der Waals surface area contributed by atoms with Crippen molar-refractivity contribution in [1.29, 1.82) is 0 Å². The summed E-state index contributed by atoms with van der Waals surface area (Å²) in [5, 5.41) is 0.891. The number of halogens is 1. The molecule has 0 amide bonds. The van der Waals surface area contributed by atoms with E-state index in [9.17, 15) is 4.39 Å². The fourth-order valence-electron chi connectivity index (χ4n) is 1.75. The zero-order valence-electron chi connectivity index (χ0n) is 8.24. The molecule has 0 N–H and O–H groups in total. The second-order valence-corrected chi connectivity index (χ2v) is 4.22. The van der Waals surface area contributed by atoms with Crippen molar-refractivity contribution in [1.82, 2.24) is 9.36 Å². The third-order valence-electron chi connectivity index (χ3n) is 2.57. The third-order valence-corrected chi connectivity index (χ3v) is 3.37. The van der Waals surface area contributed by atoms with Crippen LogP contribution in [0.4, 0.5) is 9.52 Å². The Morgan fingerprint density at radius 1 is 1.64 bits per heavy atom. The van der Waals surface area contributed by atoms with Gasteiger partial charge >= 0.3 is 0 Å². The molecule has 1 atom stereocenters. The molecule has 0 spiro atoms. The Hall–Kier alpha value is -0.710. The van der Waals surface area contributed by atoms with E-state index in [2.05, 4.69) is 14.3 Å². The first-order chi connectivity index (χ1) is 6.85. The quantitative estimate of drug-likeness (QED) is 0.772. The van der Waals surface area contributed by atoms with Gasteiger partial charge in [0.1, 0.15) is 12.5 Å². The summed E-state index contributed by atoms with van der Waals surface area (Å²) in [4.78, 5) is 6.43. The molecule has 1 aliphatic rings. The summed E-state index contributed by atoms with van der Waals surface area (Å²) >= 11 is 1.39. The second kappa shape index (κ2) is 4.21. The SMILES string of the molecule is CCc1nsc(N2CCC[C@H]2CF)n1. The second-order valence-electron chi connectivity index (χ2n) is 3.49. The van der Waals surface area contributed by atoms with E-state index in [1.54, 1.807) is 0 Å². The van der Waals surface area contributed by atoms with Crippen LogP contribution in [-0.4, -0.2) is 28.6 Å². The number of nitrogens with zero attached hydrogens (tertiary/aromatic N) is 3. The number of hydrogen-bond acceptors (Lipinski definition) is 4. The van der Waals surface area contributed by atoms with E-state index in [0.29, 0.717) is 0 Å². The van der Waals surface area contributed by atoms with E-state index >= 15 is 0 Å². The largest absolute Gasteiger partial charge is 0.341 e. The average molecular weight is 215 g/mol. The van der Waals surface area contributed by atoms with Gasteiger partial charge in [-0.25, -0.2) is 9.37 Å². The molecule has 2 heterocycles. The fraction of sp³-hybridized carbons (Fsp3) is 0.778. The van der Waals surface area contributed by atoms with Crippen molar-refractivity contribution in [3.8, 4) is 0 Å². The minimum atomic E-state index is -0.277. The summed E-state index contributed by atoms with van der Waals surface area (Å²) in [5.74, 6) is 0.870. The molecule has 0 aliphatic carbocycles. The summed E-state index contributed by atoms with van der Waals surface area (Å²) in [6.07, 6.45) is 2.86. The zero-order chi connectivity index (χ0) is 9.97. The maximum atomic E-state index is 12.6. The van der Waals surface area contributed by atoms with E-state index in [4.69, 9.17) is 0 Å². The van der Waals surface area contributed by atoms with Crippen LogP contribution in [0.15, 0.2) is 0 Å². The molecule has 1 aromatic rings. The molecular formula is C9H14FN3S. The molecule has 78 valence electrons. The van der Waals surface area contributed by atoms with E-state index in [-0.39, 0.29) is 12.7 Å². The van der Waals surface area contributed by atoms with Crippen LogP contribution in [0.3, 0.4) is 0 Å². The van der Waals surface area contributed by atoms with Gasteiger partial charge in [0.05, 0.1) is 6.04 Å². The molecule has 2 rings (SSSR count). The Morgan fingerprint density at radius 2 is 2.50 bits per heavy atom. The first kappa shape index (κ1) is 9.83. The van der Waals surface area contributed by atoms with Crippen LogP contribution in [0.2, 0.25) is 0 Å². The Kier molecular flexibility index (Phi) is 2.96. The van der Waals surface area contributed by atoms with Gasteiger partial charge in [0.2, 0.25) is 5.13 Å². The Morgan fingerprint density at radius 3 is 3.14 bits per heavy atom. The highest BCUT2D eigenvalue weighted by molar-refractivity contribution is 7.09. The molecule has 0 unspecified atom stereocenters. The number of anilines is 1. The van der Waals surface area contributed by atoms with Crippen LogP contribution in [0.1, 0.15) is 25.6 Å². The lowest BCUT2D eigenvalue weighted by atomic mass is 10.2. The summed E-state index contributed by atoms with van der Waals surface area (Å²) < 4.78 is 16.9. The van der Waals surface area contributed by atoms with Crippen molar-refractivity contribution in [2.75, 3.05) is 18.1 Å². The Balaban J connectivity index is 2.13. The molecule has 5 heteroatoms. The number of rotatable bonds is 3. The van der Waals surface area contributed by atoms with Crippen molar-refractivity contribution >= 4 is 16.7 Å². The topological polar surface area (TPSA) is 29.0 Å². The number of hydrogen-bond donors (Lipinski definition) is 0. The van der Waals surface area contributed by atoms with Crippen molar-refractivity contribution < 1.29 is 4.39 Å². The van der Waals surface area contributed by atoms with E-state index in [0.717, 1.165) is 36.8 Å². The van der Waals surface area contributed by atoms with Gasteiger partial charge in [-0.1, -0.05) is 6.92 Å². The minimum absolute atomic E-state index is 0.0349. The Labute approximate surface area is 87.1 Å². The van der Waals surface area contributed by atoms with Crippen LogP contribution in [0, 0.1) is 0 Å². The molecule has 0 bridgehead atoms. The standard InChI is InChI=1S/C9H14FN3S/c1-2-8-11-9(14-12-8)13-5-3-4-7(13)6-10/h7H,2-6H2,1H3/t7-/m0/s1. The third kappa shape index (κ3) is 1.73. The van der Waals surface area contributed by atoms with Crippen molar-refractivity contribution in [2.24, 2.45) is 0 Å². The molecule has 3 nitrogen and oxygen atoms in total. The van der Waals surface area contributed by atoms with Crippen molar-refractivity contribution in [3.05, 3.63) is 5.82 Å². The van der Waals surface area contributed by atoms with Crippen LogP contribution in [-0.2, 0) is 6.42 Å². The summed E-state index contributed by atoms with van der Waals surface area (Å²) in [6.45, 7) is 2.68. The normalized spacial score (nSPS) is 21.9. The molecule has 1 aliphatic heterocycles.